The summed E-state index contributed by atoms with van der Waals surface area (Å²) in [5.74, 6) is 1.69. The SMILES string of the molecule is O=S(=O)(c1ccc(NCc2ccc(N3CCCC3)nc2)nc1)N1CCCC1. The number of pyridine rings is 2. The van der Waals surface area contributed by atoms with Gasteiger partial charge in [0.15, 0.2) is 0 Å². The minimum Gasteiger partial charge on any atom is -0.366 e. The summed E-state index contributed by atoms with van der Waals surface area (Å²) in [5, 5.41) is 3.23. The number of nitrogens with zero attached hydrogens (tertiary/aromatic N) is 4. The van der Waals surface area contributed by atoms with E-state index in [0.29, 0.717) is 25.5 Å². The highest BCUT2D eigenvalue weighted by Crippen LogP contribution is 2.21. The fourth-order valence-electron chi connectivity index (χ4n) is 3.56. The molecular formula is C19H25N5O2S. The lowest BCUT2D eigenvalue weighted by Crippen LogP contribution is -2.27. The highest BCUT2D eigenvalue weighted by atomic mass is 32.2. The lowest BCUT2D eigenvalue weighted by Gasteiger charge is -2.16. The Bertz CT molecular complexity index is 856. The zero-order valence-corrected chi connectivity index (χ0v) is 16.2. The number of aromatic nitrogens is 2. The molecule has 8 heteroatoms. The largest absolute Gasteiger partial charge is 0.366 e. The van der Waals surface area contributed by atoms with Gasteiger partial charge in [0, 0.05) is 45.1 Å². The monoisotopic (exact) mass is 387 g/mol. The Morgan fingerprint density at radius 1 is 0.889 bits per heavy atom. The molecular weight excluding hydrogens is 362 g/mol. The second-order valence-corrected chi connectivity index (χ2v) is 9.00. The van der Waals surface area contributed by atoms with Crippen molar-refractivity contribution in [2.45, 2.75) is 37.1 Å². The van der Waals surface area contributed by atoms with Gasteiger partial charge in [-0.1, -0.05) is 6.07 Å². The smallest absolute Gasteiger partial charge is 0.244 e. The molecule has 0 saturated carbocycles. The molecule has 0 aliphatic carbocycles. The molecule has 0 aromatic carbocycles. The molecule has 0 unspecified atom stereocenters. The van der Waals surface area contributed by atoms with Gasteiger partial charge >= 0.3 is 0 Å². The van der Waals surface area contributed by atoms with E-state index in [0.717, 1.165) is 37.3 Å². The summed E-state index contributed by atoms with van der Waals surface area (Å²) in [6, 6.07) is 7.47. The van der Waals surface area contributed by atoms with Crippen LogP contribution in [0.5, 0.6) is 0 Å². The van der Waals surface area contributed by atoms with Crippen LogP contribution in [0.3, 0.4) is 0 Å². The molecule has 1 N–H and O–H groups in total. The lowest BCUT2D eigenvalue weighted by atomic mass is 10.2. The second kappa shape index (κ2) is 7.82. The Morgan fingerprint density at radius 2 is 1.63 bits per heavy atom. The highest BCUT2D eigenvalue weighted by Gasteiger charge is 2.27. The number of hydrogen-bond donors (Lipinski definition) is 1. The van der Waals surface area contributed by atoms with Crippen molar-refractivity contribution in [3.05, 3.63) is 42.2 Å². The summed E-state index contributed by atoms with van der Waals surface area (Å²) in [6.45, 7) is 3.96. The topological polar surface area (TPSA) is 78.4 Å². The first kappa shape index (κ1) is 18.2. The Morgan fingerprint density at radius 3 is 2.26 bits per heavy atom. The molecule has 2 aromatic rings. The van der Waals surface area contributed by atoms with Crippen LogP contribution in [-0.4, -0.2) is 48.9 Å². The Kier molecular flexibility index (Phi) is 5.27. The summed E-state index contributed by atoms with van der Waals surface area (Å²) in [5.41, 5.74) is 1.06. The molecule has 0 spiro atoms. The fourth-order valence-corrected chi connectivity index (χ4v) is 5.03. The molecule has 0 amide bonds. The summed E-state index contributed by atoms with van der Waals surface area (Å²) in [7, 11) is -3.41. The van der Waals surface area contributed by atoms with Crippen molar-refractivity contribution in [3.63, 3.8) is 0 Å². The van der Waals surface area contributed by atoms with Crippen molar-refractivity contribution < 1.29 is 8.42 Å². The number of sulfonamides is 1. The van der Waals surface area contributed by atoms with E-state index in [-0.39, 0.29) is 4.90 Å². The summed E-state index contributed by atoms with van der Waals surface area (Å²) < 4.78 is 26.6. The Balaban J connectivity index is 1.36. The summed E-state index contributed by atoms with van der Waals surface area (Å²) in [4.78, 5) is 11.4. The molecule has 0 atom stereocenters. The molecule has 0 radical (unpaired) electrons. The Labute approximate surface area is 160 Å². The minimum absolute atomic E-state index is 0.256. The molecule has 4 heterocycles. The average molecular weight is 388 g/mol. The van der Waals surface area contributed by atoms with E-state index in [2.05, 4.69) is 32.3 Å². The van der Waals surface area contributed by atoms with Gasteiger partial charge in [-0.2, -0.15) is 4.31 Å². The van der Waals surface area contributed by atoms with Gasteiger partial charge in [-0.05, 0) is 49.4 Å². The maximum absolute atomic E-state index is 12.5. The summed E-state index contributed by atoms with van der Waals surface area (Å²) in [6.07, 6.45) is 7.64. The zero-order valence-electron chi connectivity index (χ0n) is 15.3. The van der Waals surface area contributed by atoms with Crippen LogP contribution in [0.15, 0.2) is 41.6 Å². The van der Waals surface area contributed by atoms with Gasteiger partial charge in [-0.15, -0.1) is 0 Å². The standard InChI is InChI=1S/C19H25N5O2S/c25-27(26,24-11-3-4-12-24)17-6-7-18(21-15-17)20-13-16-5-8-19(22-14-16)23-9-1-2-10-23/h5-8,14-15H,1-4,9-13H2,(H,20,21). The van der Waals surface area contributed by atoms with Gasteiger partial charge in [-0.3, -0.25) is 0 Å². The third kappa shape index (κ3) is 4.06. The molecule has 2 fully saturated rings. The molecule has 2 aliphatic heterocycles. The second-order valence-electron chi connectivity index (χ2n) is 7.06. The highest BCUT2D eigenvalue weighted by molar-refractivity contribution is 7.89. The van der Waals surface area contributed by atoms with Crippen molar-refractivity contribution in [2.24, 2.45) is 0 Å². The maximum atomic E-state index is 12.5. The molecule has 144 valence electrons. The maximum Gasteiger partial charge on any atom is 0.244 e. The molecule has 2 saturated heterocycles. The van der Waals surface area contributed by atoms with Gasteiger partial charge in [-0.25, -0.2) is 18.4 Å². The number of hydrogen-bond acceptors (Lipinski definition) is 6. The predicted octanol–water partition coefficient (Wildman–Crippen LogP) is 2.47. The van der Waals surface area contributed by atoms with Crippen molar-refractivity contribution in [3.8, 4) is 0 Å². The van der Waals surface area contributed by atoms with Crippen molar-refractivity contribution in [2.75, 3.05) is 36.4 Å². The minimum atomic E-state index is -3.41. The van der Waals surface area contributed by atoms with E-state index in [4.69, 9.17) is 0 Å². The first-order valence-corrected chi connectivity index (χ1v) is 11.0. The molecule has 4 rings (SSSR count). The fraction of sp³-hybridized carbons (Fsp3) is 0.474. The van der Waals surface area contributed by atoms with Crippen LogP contribution in [0.4, 0.5) is 11.6 Å². The van der Waals surface area contributed by atoms with Crippen LogP contribution in [-0.2, 0) is 16.6 Å². The van der Waals surface area contributed by atoms with Crippen LogP contribution >= 0.6 is 0 Å². The third-order valence-electron chi connectivity index (χ3n) is 5.15. The van der Waals surface area contributed by atoms with E-state index < -0.39 is 10.0 Å². The van der Waals surface area contributed by atoms with E-state index in [1.165, 1.54) is 23.3 Å². The van der Waals surface area contributed by atoms with E-state index in [1.54, 1.807) is 12.1 Å². The number of anilines is 2. The van der Waals surface area contributed by atoms with Crippen molar-refractivity contribution in [1.82, 2.24) is 14.3 Å². The predicted molar refractivity (Wildman–Crippen MR) is 105 cm³/mol. The number of nitrogens with one attached hydrogen (secondary N) is 1. The van der Waals surface area contributed by atoms with E-state index >= 15 is 0 Å². The first-order chi connectivity index (χ1) is 13.1. The van der Waals surface area contributed by atoms with Crippen LogP contribution in [0, 0.1) is 0 Å². The van der Waals surface area contributed by atoms with Crippen molar-refractivity contribution >= 4 is 21.7 Å². The summed E-state index contributed by atoms with van der Waals surface area (Å²) >= 11 is 0. The molecule has 0 bridgehead atoms. The normalized spacial score (nSPS) is 18.1. The molecule has 2 aliphatic rings. The van der Waals surface area contributed by atoms with Gasteiger partial charge in [0.25, 0.3) is 0 Å². The van der Waals surface area contributed by atoms with Gasteiger partial charge in [0.1, 0.15) is 16.5 Å². The van der Waals surface area contributed by atoms with Crippen LogP contribution in [0.25, 0.3) is 0 Å². The zero-order chi connectivity index (χ0) is 18.7. The van der Waals surface area contributed by atoms with Crippen molar-refractivity contribution in [1.29, 1.82) is 0 Å². The van der Waals surface area contributed by atoms with Gasteiger partial charge in [0.05, 0.1) is 0 Å². The molecule has 27 heavy (non-hydrogen) atoms. The van der Waals surface area contributed by atoms with Crippen LogP contribution in [0.1, 0.15) is 31.2 Å². The van der Waals surface area contributed by atoms with Gasteiger partial charge < -0.3 is 10.2 Å². The lowest BCUT2D eigenvalue weighted by molar-refractivity contribution is 0.477. The first-order valence-electron chi connectivity index (χ1n) is 9.53. The number of rotatable bonds is 6. The van der Waals surface area contributed by atoms with E-state index in [9.17, 15) is 8.42 Å². The van der Waals surface area contributed by atoms with Crippen LogP contribution < -0.4 is 10.2 Å². The quantitative estimate of drug-likeness (QED) is 0.820. The average Bonchev–Trinajstić information content (AvgIpc) is 3.41. The molecule has 7 nitrogen and oxygen atoms in total. The van der Waals surface area contributed by atoms with Gasteiger partial charge in [0.2, 0.25) is 10.0 Å². The Hall–Kier alpha value is -2.19. The van der Waals surface area contributed by atoms with Crippen LogP contribution in [0.2, 0.25) is 0 Å². The third-order valence-corrected chi connectivity index (χ3v) is 7.03. The molecule has 2 aromatic heterocycles. The van der Waals surface area contributed by atoms with E-state index in [1.807, 2.05) is 6.20 Å².